The van der Waals surface area contributed by atoms with Crippen molar-refractivity contribution in [2.24, 2.45) is 17.8 Å². The number of rotatable bonds is 12. The second kappa shape index (κ2) is 13.0. The first-order valence-corrected chi connectivity index (χ1v) is 12.7. The average molecular weight is 499 g/mol. The Morgan fingerprint density at radius 3 is 2.90 bits per heavy atom. The van der Waals surface area contributed by atoms with E-state index in [0.29, 0.717) is 24.9 Å². The number of hydrogen-bond acceptors (Lipinski definition) is 5. The Labute approximate surface area is 191 Å². The van der Waals surface area contributed by atoms with Gasteiger partial charge >= 0.3 is 5.97 Å². The molecule has 1 heterocycles. The van der Waals surface area contributed by atoms with Crippen molar-refractivity contribution in [3.05, 3.63) is 45.1 Å². The van der Waals surface area contributed by atoms with E-state index in [4.69, 9.17) is 13.0 Å². The lowest BCUT2D eigenvalue weighted by molar-refractivity contribution is -0.133. The van der Waals surface area contributed by atoms with Crippen molar-refractivity contribution in [3.63, 3.8) is 0 Å². The maximum atomic E-state index is 10.5. The molecule has 2 rings (SSSR count). The average Bonchev–Trinajstić information content (AvgIpc) is 3.23. The molecule has 2 radical (unpaired) electrons. The summed E-state index contributed by atoms with van der Waals surface area (Å²) in [5.41, 5.74) is 0. The van der Waals surface area contributed by atoms with Crippen molar-refractivity contribution < 1.29 is 20.1 Å². The number of allylic oxidation sites excluding steroid dienone is 2. The minimum absolute atomic E-state index is 0.0703. The van der Waals surface area contributed by atoms with Gasteiger partial charge in [0, 0.05) is 20.5 Å². The van der Waals surface area contributed by atoms with Crippen LogP contribution in [0, 0.1) is 17.8 Å². The third-order valence-electron chi connectivity index (χ3n) is 5.26. The Bertz CT molecular complexity index is 694. The highest BCUT2D eigenvalue weighted by molar-refractivity contribution is 9.10. The predicted octanol–water partition coefficient (Wildman–Crippen LogP) is 4.32. The van der Waals surface area contributed by atoms with Crippen LogP contribution in [0.5, 0.6) is 0 Å². The highest BCUT2D eigenvalue weighted by Gasteiger charge is 2.39. The number of hydrogen-bond donors (Lipinski definition) is 3. The zero-order chi connectivity index (χ0) is 21.2. The number of thioether (sulfide) groups is 1. The van der Waals surface area contributed by atoms with Crippen LogP contribution in [0.25, 0.3) is 0 Å². The molecule has 1 aliphatic carbocycles. The minimum atomic E-state index is -0.809. The SMILES string of the molecule is [B]C[C@@H]1CC(O)[C@H](C/C=C\CSCC(=O)O)[C@H]1/C=C/[C@@H](O)CCc1cc(Br)cs1. The summed E-state index contributed by atoms with van der Waals surface area (Å²) >= 11 is 6.48. The lowest BCUT2D eigenvalue weighted by atomic mass is 9.80. The number of aryl methyl sites for hydroxylation is 1. The predicted molar refractivity (Wildman–Crippen MR) is 126 cm³/mol. The summed E-state index contributed by atoms with van der Waals surface area (Å²) in [6.07, 6.45) is 10.4. The van der Waals surface area contributed by atoms with E-state index in [1.54, 1.807) is 11.3 Å². The highest BCUT2D eigenvalue weighted by atomic mass is 79.9. The Morgan fingerprint density at radius 2 is 2.24 bits per heavy atom. The number of aliphatic carboxylic acids is 1. The topological polar surface area (TPSA) is 77.8 Å². The molecule has 1 unspecified atom stereocenters. The quantitative estimate of drug-likeness (QED) is 0.227. The zero-order valence-electron chi connectivity index (χ0n) is 16.3. The Balaban J connectivity index is 1.86. The van der Waals surface area contributed by atoms with Crippen LogP contribution in [0.2, 0.25) is 6.32 Å². The molecule has 0 aromatic carbocycles. The molecule has 158 valence electrons. The van der Waals surface area contributed by atoms with Gasteiger partial charge in [0.15, 0.2) is 0 Å². The number of halogens is 1. The van der Waals surface area contributed by atoms with Crippen molar-refractivity contribution in [1.29, 1.82) is 0 Å². The largest absolute Gasteiger partial charge is 0.481 e. The van der Waals surface area contributed by atoms with Crippen molar-refractivity contribution >= 4 is 52.8 Å². The van der Waals surface area contributed by atoms with E-state index in [2.05, 4.69) is 22.0 Å². The fraction of sp³-hybridized carbons (Fsp3) is 0.571. The first-order valence-electron chi connectivity index (χ1n) is 9.82. The molecule has 4 nitrogen and oxygen atoms in total. The molecule has 3 N–H and O–H groups in total. The van der Waals surface area contributed by atoms with Crippen molar-refractivity contribution in [3.8, 4) is 0 Å². The molecule has 0 spiro atoms. The minimum Gasteiger partial charge on any atom is -0.481 e. The number of aliphatic hydroxyl groups excluding tert-OH is 2. The third-order valence-corrected chi connectivity index (χ3v) is 7.89. The van der Waals surface area contributed by atoms with Crippen LogP contribution in [-0.2, 0) is 11.2 Å². The Kier molecular flexibility index (Phi) is 11.1. The van der Waals surface area contributed by atoms with Gasteiger partial charge in [-0.3, -0.25) is 4.79 Å². The number of thiophene rings is 1. The molecule has 0 saturated heterocycles. The van der Waals surface area contributed by atoms with Gasteiger partial charge in [0.25, 0.3) is 0 Å². The fourth-order valence-corrected chi connectivity index (χ4v) is 5.81. The lowest BCUT2D eigenvalue weighted by Gasteiger charge is -2.21. The van der Waals surface area contributed by atoms with Crippen molar-refractivity contribution in [1.82, 2.24) is 0 Å². The normalized spacial score (nSPS) is 25.9. The van der Waals surface area contributed by atoms with Gasteiger partial charge in [-0.05, 0) is 65.4 Å². The molecule has 5 atom stereocenters. The van der Waals surface area contributed by atoms with Gasteiger partial charge in [0.2, 0.25) is 0 Å². The standard InChI is InChI=1S/C21H28BBrO4S2/c22-11-14-9-20(25)19(3-1-2-8-28-13-21(26)27)18(14)7-5-16(24)4-6-17-10-15(23)12-29-17/h1-2,5,7,10,12,14,16,18-20,24-25H,3-4,6,8-9,11,13H2,(H,26,27)/b2-1-,7-5+/t14-,16-,18-,19+,20?/m0/s1. The van der Waals surface area contributed by atoms with E-state index in [-0.39, 0.29) is 23.5 Å². The second-order valence-electron chi connectivity index (χ2n) is 7.38. The van der Waals surface area contributed by atoms with Gasteiger partial charge in [0.1, 0.15) is 0 Å². The lowest BCUT2D eigenvalue weighted by Crippen LogP contribution is -2.19. The molecule has 0 aliphatic heterocycles. The molecule has 1 aromatic heterocycles. The first kappa shape index (κ1) is 24.7. The van der Waals surface area contributed by atoms with E-state index in [0.717, 1.165) is 17.3 Å². The van der Waals surface area contributed by atoms with E-state index in [9.17, 15) is 15.0 Å². The monoisotopic (exact) mass is 498 g/mol. The maximum absolute atomic E-state index is 10.5. The highest BCUT2D eigenvalue weighted by Crippen LogP contribution is 2.42. The summed E-state index contributed by atoms with van der Waals surface area (Å²) < 4.78 is 1.07. The molecule has 1 aliphatic rings. The molecule has 0 bridgehead atoms. The molecule has 1 fully saturated rings. The molecular weight excluding hydrogens is 471 g/mol. The van der Waals surface area contributed by atoms with Crippen molar-refractivity contribution in [2.75, 3.05) is 11.5 Å². The summed E-state index contributed by atoms with van der Waals surface area (Å²) in [6.45, 7) is 0. The third kappa shape index (κ3) is 8.62. The summed E-state index contributed by atoms with van der Waals surface area (Å²) in [4.78, 5) is 11.8. The molecular formula is C21H28BBrO4S2. The number of carboxylic acids is 1. The Hall–Kier alpha value is -0.535. The molecule has 1 saturated carbocycles. The van der Waals surface area contributed by atoms with Crippen LogP contribution < -0.4 is 0 Å². The summed E-state index contributed by atoms with van der Waals surface area (Å²) in [5.74, 6) is 0.348. The van der Waals surface area contributed by atoms with Gasteiger partial charge < -0.3 is 15.3 Å². The van der Waals surface area contributed by atoms with Crippen LogP contribution in [0.15, 0.2) is 40.2 Å². The van der Waals surface area contributed by atoms with Crippen LogP contribution in [0.3, 0.4) is 0 Å². The van der Waals surface area contributed by atoms with E-state index in [1.807, 2.05) is 29.7 Å². The van der Waals surface area contributed by atoms with E-state index >= 15 is 0 Å². The van der Waals surface area contributed by atoms with Gasteiger partial charge in [-0.2, -0.15) is 0 Å². The van der Waals surface area contributed by atoms with E-state index < -0.39 is 18.2 Å². The molecule has 29 heavy (non-hydrogen) atoms. The van der Waals surface area contributed by atoms with Crippen LogP contribution in [-0.4, -0.2) is 52.8 Å². The molecule has 0 amide bonds. The molecule has 8 heteroatoms. The van der Waals surface area contributed by atoms with Gasteiger partial charge in [-0.15, -0.1) is 23.1 Å². The van der Waals surface area contributed by atoms with Crippen LogP contribution in [0.4, 0.5) is 0 Å². The van der Waals surface area contributed by atoms with Crippen LogP contribution >= 0.6 is 39.0 Å². The van der Waals surface area contributed by atoms with Gasteiger partial charge in [-0.1, -0.05) is 30.6 Å². The second-order valence-corrected chi connectivity index (χ2v) is 10.3. The summed E-state index contributed by atoms with van der Waals surface area (Å²) in [7, 11) is 5.93. The smallest absolute Gasteiger partial charge is 0.313 e. The van der Waals surface area contributed by atoms with Gasteiger partial charge in [0.05, 0.1) is 25.8 Å². The summed E-state index contributed by atoms with van der Waals surface area (Å²) in [6, 6.07) is 2.08. The number of carbonyl (C=O) groups is 1. The first-order chi connectivity index (χ1) is 13.9. The van der Waals surface area contributed by atoms with Crippen LogP contribution in [0.1, 0.15) is 24.1 Å². The summed E-state index contributed by atoms with van der Waals surface area (Å²) in [5, 5.41) is 31.5. The number of aliphatic hydroxyl groups is 2. The maximum Gasteiger partial charge on any atom is 0.313 e. The van der Waals surface area contributed by atoms with Crippen molar-refractivity contribution in [2.45, 2.75) is 44.2 Å². The van der Waals surface area contributed by atoms with Gasteiger partial charge in [-0.25, -0.2) is 0 Å². The van der Waals surface area contributed by atoms with E-state index in [1.165, 1.54) is 16.6 Å². The molecule has 1 aromatic rings. The Morgan fingerprint density at radius 1 is 1.45 bits per heavy atom. The number of carboxylic acid groups (broad SMARTS) is 1. The zero-order valence-corrected chi connectivity index (χ0v) is 19.5. The fourth-order valence-electron chi connectivity index (χ4n) is 3.78.